The predicted octanol–water partition coefficient (Wildman–Crippen LogP) is 8.30. The number of aromatic nitrogens is 2. The SMILES string of the molecule is N#Cc1nccnc1N1c2ccccc2C2(c3ccccc3N(c3ccccc3)c3ccccc32)c2ccccc21. The van der Waals surface area contributed by atoms with Crippen LogP contribution in [0, 0.1) is 11.3 Å². The molecule has 2 aliphatic rings. The van der Waals surface area contributed by atoms with E-state index >= 15 is 0 Å². The van der Waals surface area contributed by atoms with E-state index in [0.29, 0.717) is 5.82 Å². The molecule has 0 N–H and O–H groups in total. The second kappa shape index (κ2) is 8.90. The summed E-state index contributed by atoms with van der Waals surface area (Å²) in [6, 6.07) is 47.2. The predicted molar refractivity (Wildman–Crippen MR) is 162 cm³/mol. The van der Waals surface area contributed by atoms with Gasteiger partial charge in [0.15, 0.2) is 11.5 Å². The summed E-state index contributed by atoms with van der Waals surface area (Å²) < 4.78 is 0. The van der Waals surface area contributed by atoms with E-state index in [0.717, 1.165) is 39.6 Å². The molecule has 5 aromatic carbocycles. The van der Waals surface area contributed by atoms with Gasteiger partial charge in [0.2, 0.25) is 0 Å². The fourth-order valence-corrected chi connectivity index (χ4v) is 6.73. The zero-order chi connectivity index (χ0) is 27.4. The summed E-state index contributed by atoms with van der Waals surface area (Å²) >= 11 is 0. The molecule has 6 aromatic rings. The highest BCUT2D eigenvalue weighted by atomic mass is 15.2. The van der Waals surface area contributed by atoms with E-state index in [1.807, 2.05) is 12.1 Å². The maximum atomic E-state index is 10.0. The van der Waals surface area contributed by atoms with Crippen LogP contribution in [-0.2, 0) is 5.41 Å². The molecular formula is C36H23N5. The van der Waals surface area contributed by atoms with E-state index in [1.54, 1.807) is 12.4 Å². The van der Waals surface area contributed by atoms with Crippen LogP contribution >= 0.6 is 0 Å². The zero-order valence-corrected chi connectivity index (χ0v) is 22.0. The maximum absolute atomic E-state index is 10.0. The molecule has 0 atom stereocenters. The molecule has 0 bridgehead atoms. The van der Waals surface area contributed by atoms with E-state index < -0.39 is 5.41 Å². The van der Waals surface area contributed by atoms with Crippen molar-refractivity contribution < 1.29 is 0 Å². The normalized spacial score (nSPS) is 13.9. The first kappa shape index (κ1) is 23.2. The van der Waals surface area contributed by atoms with Crippen LogP contribution in [0.4, 0.5) is 34.3 Å². The van der Waals surface area contributed by atoms with Gasteiger partial charge < -0.3 is 4.90 Å². The second-order valence-electron chi connectivity index (χ2n) is 10.2. The third-order valence-corrected chi connectivity index (χ3v) is 8.21. The first-order valence-corrected chi connectivity index (χ1v) is 13.6. The van der Waals surface area contributed by atoms with Gasteiger partial charge in [0, 0.05) is 18.1 Å². The van der Waals surface area contributed by atoms with Crippen LogP contribution in [0.1, 0.15) is 27.9 Å². The molecule has 1 aromatic heterocycles. The average molecular weight is 526 g/mol. The molecule has 192 valence electrons. The molecule has 41 heavy (non-hydrogen) atoms. The summed E-state index contributed by atoms with van der Waals surface area (Å²) in [5, 5.41) is 10.0. The zero-order valence-electron chi connectivity index (χ0n) is 22.0. The smallest absolute Gasteiger partial charge is 0.183 e. The number of nitrogens with zero attached hydrogens (tertiary/aromatic N) is 5. The minimum absolute atomic E-state index is 0.285. The lowest BCUT2D eigenvalue weighted by Gasteiger charge is -2.51. The van der Waals surface area contributed by atoms with Gasteiger partial charge in [-0.1, -0.05) is 91.0 Å². The Morgan fingerprint density at radius 3 is 1.39 bits per heavy atom. The van der Waals surface area contributed by atoms with Crippen molar-refractivity contribution >= 4 is 34.3 Å². The van der Waals surface area contributed by atoms with Gasteiger partial charge in [-0.2, -0.15) is 5.26 Å². The monoisotopic (exact) mass is 525 g/mol. The van der Waals surface area contributed by atoms with Crippen molar-refractivity contribution in [1.29, 1.82) is 5.26 Å². The van der Waals surface area contributed by atoms with Crippen LogP contribution < -0.4 is 9.80 Å². The molecule has 5 heteroatoms. The van der Waals surface area contributed by atoms with Crippen molar-refractivity contribution in [2.45, 2.75) is 5.41 Å². The fourth-order valence-electron chi connectivity index (χ4n) is 6.73. The first-order chi connectivity index (χ1) is 20.3. The molecule has 0 unspecified atom stereocenters. The largest absolute Gasteiger partial charge is 0.310 e. The minimum atomic E-state index is -0.614. The van der Waals surface area contributed by atoms with Crippen molar-refractivity contribution in [2.75, 3.05) is 9.80 Å². The third-order valence-electron chi connectivity index (χ3n) is 8.21. The van der Waals surface area contributed by atoms with E-state index in [1.165, 1.54) is 11.1 Å². The van der Waals surface area contributed by atoms with Crippen LogP contribution in [0.3, 0.4) is 0 Å². The number of nitriles is 1. The van der Waals surface area contributed by atoms with Gasteiger partial charge in [0.05, 0.1) is 28.2 Å². The average Bonchev–Trinajstić information content (AvgIpc) is 3.05. The number of anilines is 6. The highest BCUT2D eigenvalue weighted by molar-refractivity contribution is 5.96. The van der Waals surface area contributed by atoms with Crippen molar-refractivity contribution in [3.63, 3.8) is 0 Å². The topological polar surface area (TPSA) is 56.1 Å². The molecular weight excluding hydrogens is 502 g/mol. The van der Waals surface area contributed by atoms with E-state index in [-0.39, 0.29) is 5.69 Å². The number of para-hydroxylation sites is 5. The molecule has 5 nitrogen and oxygen atoms in total. The molecule has 0 saturated heterocycles. The van der Waals surface area contributed by atoms with Crippen molar-refractivity contribution in [3.05, 3.63) is 168 Å². The molecule has 8 rings (SSSR count). The molecule has 3 heterocycles. The number of hydrogen-bond acceptors (Lipinski definition) is 5. The van der Waals surface area contributed by atoms with Crippen molar-refractivity contribution in [1.82, 2.24) is 9.97 Å². The quantitative estimate of drug-likeness (QED) is 0.227. The van der Waals surface area contributed by atoms with Crippen LogP contribution in [-0.4, -0.2) is 9.97 Å². The van der Waals surface area contributed by atoms with Crippen LogP contribution in [0.25, 0.3) is 0 Å². The molecule has 0 saturated carbocycles. The van der Waals surface area contributed by atoms with Crippen molar-refractivity contribution in [3.8, 4) is 6.07 Å². The number of rotatable bonds is 2. The van der Waals surface area contributed by atoms with Gasteiger partial charge in [-0.25, -0.2) is 9.97 Å². The van der Waals surface area contributed by atoms with Gasteiger partial charge in [-0.05, 0) is 58.7 Å². The Labute approximate surface area is 238 Å². The van der Waals surface area contributed by atoms with Crippen LogP contribution in [0.5, 0.6) is 0 Å². The van der Waals surface area contributed by atoms with Crippen LogP contribution in [0.15, 0.2) is 140 Å². The molecule has 0 fully saturated rings. The lowest BCUT2D eigenvalue weighted by Crippen LogP contribution is -2.42. The third kappa shape index (κ3) is 3.10. The Morgan fingerprint density at radius 2 is 0.902 bits per heavy atom. The van der Waals surface area contributed by atoms with Gasteiger partial charge in [0.1, 0.15) is 6.07 Å². The lowest BCUT2D eigenvalue weighted by molar-refractivity contribution is 0.717. The highest BCUT2D eigenvalue weighted by Crippen LogP contribution is 2.63. The number of hydrogen-bond donors (Lipinski definition) is 0. The fraction of sp³-hybridized carbons (Fsp3) is 0.0278. The van der Waals surface area contributed by atoms with Crippen LogP contribution in [0.2, 0.25) is 0 Å². The van der Waals surface area contributed by atoms with Gasteiger partial charge in [0.25, 0.3) is 0 Å². The summed E-state index contributed by atoms with van der Waals surface area (Å²) in [6.07, 6.45) is 3.21. The highest BCUT2D eigenvalue weighted by Gasteiger charge is 2.51. The Hall–Kier alpha value is -5.73. The summed E-state index contributed by atoms with van der Waals surface area (Å²) in [4.78, 5) is 13.5. The Morgan fingerprint density at radius 1 is 0.488 bits per heavy atom. The summed E-state index contributed by atoms with van der Waals surface area (Å²) in [5.74, 6) is 0.521. The molecule has 0 amide bonds. The van der Waals surface area contributed by atoms with E-state index in [9.17, 15) is 5.26 Å². The summed E-state index contributed by atoms with van der Waals surface area (Å²) in [7, 11) is 0. The Kier molecular flexibility index (Phi) is 5.03. The molecule has 1 spiro atoms. The molecule has 2 aliphatic heterocycles. The Bertz CT molecular complexity index is 1900. The summed E-state index contributed by atoms with van der Waals surface area (Å²) in [5.41, 5.74) is 9.64. The van der Waals surface area contributed by atoms with Gasteiger partial charge in [-0.3, -0.25) is 4.90 Å². The Balaban J connectivity index is 1.53. The van der Waals surface area contributed by atoms with Gasteiger partial charge >= 0.3 is 0 Å². The first-order valence-electron chi connectivity index (χ1n) is 13.6. The second-order valence-corrected chi connectivity index (χ2v) is 10.2. The van der Waals surface area contributed by atoms with E-state index in [4.69, 9.17) is 0 Å². The molecule has 0 aliphatic carbocycles. The lowest BCUT2D eigenvalue weighted by atomic mass is 9.60. The number of benzene rings is 5. The van der Waals surface area contributed by atoms with E-state index in [2.05, 4.69) is 141 Å². The summed E-state index contributed by atoms with van der Waals surface area (Å²) in [6.45, 7) is 0. The minimum Gasteiger partial charge on any atom is -0.310 e. The molecule has 0 radical (unpaired) electrons. The standard InChI is InChI=1S/C36H23N5/c37-24-30-35(39-23-22-38-30)41-33-20-10-6-16-28(33)36(29-17-7-11-21-34(29)41)26-14-4-8-18-31(26)40(25-12-2-1-3-13-25)32-19-9-5-15-27(32)36/h1-23H. The van der Waals surface area contributed by atoms with Gasteiger partial charge in [-0.15, -0.1) is 0 Å². The van der Waals surface area contributed by atoms with Crippen molar-refractivity contribution in [2.24, 2.45) is 0 Å². The number of fused-ring (bicyclic) bond motifs is 8. The maximum Gasteiger partial charge on any atom is 0.183 e.